The standard InChI is InChI=1S/C14H18N2O/c1-11-5-6-14(12(8-11)9-15)16(2)10-13-4-3-7-17-13/h5-6,8,13H,3-4,7,10H2,1-2H3. The van der Waals surface area contributed by atoms with Crippen LogP contribution in [0.3, 0.4) is 0 Å². The van der Waals surface area contributed by atoms with E-state index in [4.69, 9.17) is 10.00 Å². The smallest absolute Gasteiger partial charge is 0.101 e. The topological polar surface area (TPSA) is 36.3 Å². The highest BCUT2D eigenvalue weighted by molar-refractivity contribution is 5.60. The molecule has 0 bridgehead atoms. The monoisotopic (exact) mass is 230 g/mol. The van der Waals surface area contributed by atoms with Crippen LogP contribution in [-0.2, 0) is 4.74 Å². The molecule has 1 heterocycles. The van der Waals surface area contributed by atoms with Crippen molar-refractivity contribution in [1.82, 2.24) is 0 Å². The summed E-state index contributed by atoms with van der Waals surface area (Å²) in [6.45, 7) is 3.74. The Kier molecular flexibility index (Phi) is 3.65. The molecule has 0 spiro atoms. The van der Waals surface area contributed by atoms with Crippen molar-refractivity contribution in [1.29, 1.82) is 5.26 Å². The number of rotatable bonds is 3. The van der Waals surface area contributed by atoms with Crippen molar-refractivity contribution in [3.05, 3.63) is 29.3 Å². The van der Waals surface area contributed by atoms with E-state index < -0.39 is 0 Å². The number of hydrogen-bond acceptors (Lipinski definition) is 3. The molecule has 2 rings (SSSR count). The van der Waals surface area contributed by atoms with Gasteiger partial charge in [-0.3, -0.25) is 0 Å². The third-order valence-corrected chi connectivity index (χ3v) is 3.19. The molecule has 17 heavy (non-hydrogen) atoms. The second kappa shape index (κ2) is 5.20. The largest absolute Gasteiger partial charge is 0.376 e. The Morgan fingerprint density at radius 2 is 2.35 bits per heavy atom. The van der Waals surface area contributed by atoms with Crippen LogP contribution in [0.25, 0.3) is 0 Å². The zero-order valence-electron chi connectivity index (χ0n) is 10.4. The zero-order chi connectivity index (χ0) is 12.3. The molecule has 0 N–H and O–H groups in total. The molecule has 1 aliphatic rings. The molecular weight excluding hydrogens is 212 g/mol. The van der Waals surface area contributed by atoms with Crippen LogP contribution in [0.4, 0.5) is 5.69 Å². The minimum atomic E-state index is 0.313. The summed E-state index contributed by atoms with van der Waals surface area (Å²) >= 11 is 0. The van der Waals surface area contributed by atoms with Gasteiger partial charge in [0.05, 0.1) is 17.4 Å². The number of nitriles is 1. The molecule has 0 amide bonds. The fourth-order valence-electron chi connectivity index (χ4n) is 2.26. The van der Waals surface area contributed by atoms with Gasteiger partial charge in [-0.05, 0) is 37.5 Å². The first kappa shape index (κ1) is 11.9. The lowest BCUT2D eigenvalue weighted by atomic mass is 10.1. The number of anilines is 1. The summed E-state index contributed by atoms with van der Waals surface area (Å²) in [7, 11) is 2.02. The van der Waals surface area contributed by atoms with Crippen LogP contribution in [0.2, 0.25) is 0 Å². The lowest BCUT2D eigenvalue weighted by Gasteiger charge is -2.23. The van der Waals surface area contributed by atoms with Gasteiger partial charge in [-0.2, -0.15) is 5.26 Å². The molecule has 3 heteroatoms. The Morgan fingerprint density at radius 3 is 3.00 bits per heavy atom. The molecule has 0 radical (unpaired) electrons. The highest BCUT2D eigenvalue weighted by Gasteiger charge is 2.18. The number of benzene rings is 1. The fraction of sp³-hybridized carbons (Fsp3) is 0.500. The molecule has 1 aliphatic heterocycles. The minimum Gasteiger partial charge on any atom is -0.376 e. The van der Waals surface area contributed by atoms with Gasteiger partial charge in [0.1, 0.15) is 6.07 Å². The normalized spacial score (nSPS) is 19.0. The number of likely N-dealkylation sites (N-methyl/N-ethyl adjacent to an activating group) is 1. The van der Waals surface area contributed by atoms with E-state index in [1.54, 1.807) is 0 Å². The van der Waals surface area contributed by atoms with Gasteiger partial charge in [-0.1, -0.05) is 6.07 Å². The van der Waals surface area contributed by atoms with Gasteiger partial charge < -0.3 is 9.64 Å². The second-order valence-electron chi connectivity index (χ2n) is 4.65. The van der Waals surface area contributed by atoms with Gasteiger partial charge in [0, 0.05) is 20.2 Å². The number of nitrogens with zero attached hydrogens (tertiary/aromatic N) is 2. The SMILES string of the molecule is Cc1ccc(N(C)CC2CCCO2)c(C#N)c1. The highest BCUT2D eigenvalue weighted by atomic mass is 16.5. The van der Waals surface area contributed by atoms with E-state index in [1.807, 2.05) is 32.2 Å². The first-order valence-electron chi connectivity index (χ1n) is 6.04. The van der Waals surface area contributed by atoms with E-state index in [2.05, 4.69) is 11.0 Å². The maximum atomic E-state index is 9.14. The molecule has 0 saturated carbocycles. The maximum absolute atomic E-state index is 9.14. The average molecular weight is 230 g/mol. The molecule has 0 aromatic heterocycles. The van der Waals surface area contributed by atoms with Crippen molar-refractivity contribution < 1.29 is 4.74 Å². The summed E-state index contributed by atoms with van der Waals surface area (Å²) in [6, 6.07) is 8.25. The van der Waals surface area contributed by atoms with Gasteiger partial charge in [-0.25, -0.2) is 0 Å². The molecule has 1 fully saturated rings. The van der Waals surface area contributed by atoms with Crippen molar-refractivity contribution in [2.45, 2.75) is 25.9 Å². The summed E-state index contributed by atoms with van der Waals surface area (Å²) < 4.78 is 5.62. The first-order valence-corrected chi connectivity index (χ1v) is 6.04. The quantitative estimate of drug-likeness (QED) is 0.800. The molecule has 1 aromatic carbocycles. The molecule has 0 aliphatic carbocycles. The number of hydrogen-bond donors (Lipinski definition) is 0. The summed E-state index contributed by atoms with van der Waals surface area (Å²) in [5.74, 6) is 0. The van der Waals surface area contributed by atoms with E-state index in [9.17, 15) is 0 Å². The molecular formula is C14H18N2O. The van der Waals surface area contributed by atoms with Crippen molar-refractivity contribution >= 4 is 5.69 Å². The minimum absolute atomic E-state index is 0.313. The summed E-state index contributed by atoms with van der Waals surface area (Å²) in [5.41, 5.74) is 2.86. The maximum Gasteiger partial charge on any atom is 0.101 e. The Balaban J connectivity index is 2.12. The number of ether oxygens (including phenoxy) is 1. The van der Waals surface area contributed by atoms with Crippen molar-refractivity contribution in [3.8, 4) is 6.07 Å². The fourth-order valence-corrected chi connectivity index (χ4v) is 2.26. The predicted octanol–water partition coefficient (Wildman–Crippen LogP) is 2.48. The average Bonchev–Trinajstić information content (AvgIpc) is 2.81. The molecule has 1 atom stereocenters. The summed E-state index contributed by atoms with van der Waals surface area (Å²) in [4.78, 5) is 2.12. The van der Waals surface area contributed by atoms with Crippen molar-refractivity contribution in [2.75, 3.05) is 25.1 Å². The van der Waals surface area contributed by atoms with E-state index in [-0.39, 0.29) is 0 Å². The Morgan fingerprint density at radius 1 is 1.53 bits per heavy atom. The highest BCUT2D eigenvalue weighted by Crippen LogP contribution is 2.22. The van der Waals surface area contributed by atoms with Crippen molar-refractivity contribution in [3.63, 3.8) is 0 Å². The van der Waals surface area contributed by atoms with E-state index in [0.717, 1.165) is 42.8 Å². The number of aryl methyl sites for hydroxylation is 1. The van der Waals surface area contributed by atoms with Crippen LogP contribution in [0.15, 0.2) is 18.2 Å². The lowest BCUT2D eigenvalue weighted by Crippen LogP contribution is -2.29. The van der Waals surface area contributed by atoms with Gasteiger partial charge in [0.15, 0.2) is 0 Å². The molecule has 90 valence electrons. The van der Waals surface area contributed by atoms with E-state index >= 15 is 0 Å². The van der Waals surface area contributed by atoms with Gasteiger partial charge in [-0.15, -0.1) is 0 Å². The van der Waals surface area contributed by atoms with Gasteiger partial charge >= 0.3 is 0 Å². The van der Waals surface area contributed by atoms with Crippen LogP contribution >= 0.6 is 0 Å². The third kappa shape index (κ3) is 2.78. The summed E-state index contributed by atoms with van der Waals surface area (Å²) in [5, 5.41) is 9.14. The van der Waals surface area contributed by atoms with Crippen LogP contribution in [-0.4, -0.2) is 26.3 Å². The Bertz CT molecular complexity index is 430. The van der Waals surface area contributed by atoms with Crippen LogP contribution in [0.1, 0.15) is 24.0 Å². The van der Waals surface area contributed by atoms with Gasteiger partial charge in [0.25, 0.3) is 0 Å². The summed E-state index contributed by atoms with van der Waals surface area (Å²) in [6.07, 6.45) is 2.59. The van der Waals surface area contributed by atoms with Crippen LogP contribution in [0.5, 0.6) is 0 Å². The predicted molar refractivity (Wildman–Crippen MR) is 68.1 cm³/mol. The second-order valence-corrected chi connectivity index (χ2v) is 4.65. The molecule has 1 aromatic rings. The van der Waals surface area contributed by atoms with Crippen LogP contribution < -0.4 is 4.90 Å². The van der Waals surface area contributed by atoms with E-state index in [1.165, 1.54) is 0 Å². The van der Waals surface area contributed by atoms with Crippen LogP contribution in [0, 0.1) is 18.3 Å². The zero-order valence-corrected chi connectivity index (χ0v) is 10.4. The molecule has 1 saturated heterocycles. The Hall–Kier alpha value is -1.53. The molecule has 3 nitrogen and oxygen atoms in total. The van der Waals surface area contributed by atoms with Crippen molar-refractivity contribution in [2.24, 2.45) is 0 Å². The van der Waals surface area contributed by atoms with Gasteiger partial charge in [0.2, 0.25) is 0 Å². The third-order valence-electron chi connectivity index (χ3n) is 3.19. The Labute approximate surface area is 103 Å². The lowest BCUT2D eigenvalue weighted by molar-refractivity contribution is 0.116. The van der Waals surface area contributed by atoms with E-state index in [0.29, 0.717) is 6.10 Å². The first-order chi connectivity index (χ1) is 8.20. The molecule has 1 unspecified atom stereocenters.